The molecule has 1 unspecified atom stereocenters. The highest BCUT2D eigenvalue weighted by Crippen LogP contribution is 2.21. The van der Waals surface area contributed by atoms with Gasteiger partial charge in [0.05, 0.1) is 18.4 Å². The fraction of sp³-hybridized carbons (Fsp3) is 0.360. The number of amides is 1. The van der Waals surface area contributed by atoms with Crippen molar-refractivity contribution >= 4 is 5.91 Å². The van der Waals surface area contributed by atoms with E-state index in [2.05, 4.69) is 27.2 Å². The lowest BCUT2D eigenvalue weighted by molar-refractivity contribution is 0.0940. The normalized spacial score (nSPS) is 11.7. The highest BCUT2D eigenvalue weighted by atomic mass is 19.1. The zero-order valence-corrected chi connectivity index (χ0v) is 18.6. The second-order valence-corrected chi connectivity index (χ2v) is 7.82. The summed E-state index contributed by atoms with van der Waals surface area (Å²) in [7, 11) is 0. The highest BCUT2D eigenvalue weighted by Gasteiger charge is 2.17. The van der Waals surface area contributed by atoms with Gasteiger partial charge in [0.15, 0.2) is 5.82 Å². The number of benzene rings is 1. The molecular formula is C25H29FN4O2. The van der Waals surface area contributed by atoms with Gasteiger partial charge in [-0.3, -0.25) is 4.79 Å². The number of hydrogen-bond donors (Lipinski definition) is 1. The van der Waals surface area contributed by atoms with E-state index in [1.807, 2.05) is 25.1 Å². The molecule has 6 nitrogen and oxygen atoms in total. The first-order valence-electron chi connectivity index (χ1n) is 11.0. The number of pyridine rings is 1. The molecule has 1 atom stereocenters. The van der Waals surface area contributed by atoms with E-state index >= 15 is 0 Å². The van der Waals surface area contributed by atoms with Crippen LogP contribution in [0.2, 0.25) is 0 Å². The Morgan fingerprint density at radius 3 is 2.66 bits per heavy atom. The van der Waals surface area contributed by atoms with Crippen LogP contribution in [0.3, 0.4) is 0 Å². The van der Waals surface area contributed by atoms with Crippen LogP contribution in [0.25, 0.3) is 11.4 Å². The number of nitrogens with one attached hydrogen (secondary N) is 1. The number of hydrogen-bond acceptors (Lipinski definition) is 5. The molecule has 0 fully saturated rings. The zero-order chi connectivity index (χ0) is 22.8. The van der Waals surface area contributed by atoms with Gasteiger partial charge in [0.2, 0.25) is 5.88 Å². The number of rotatable bonds is 11. The van der Waals surface area contributed by atoms with Crippen molar-refractivity contribution in [3.63, 3.8) is 0 Å². The lowest BCUT2D eigenvalue weighted by Gasteiger charge is -2.19. The van der Waals surface area contributed by atoms with E-state index in [-0.39, 0.29) is 11.8 Å². The van der Waals surface area contributed by atoms with Crippen LogP contribution in [-0.4, -0.2) is 34.0 Å². The van der Waals surface area contributed by atoms with E-state index in [1.54, 1.807) is 18.5 Å². The number of halogens is 1. The summed E-state index contributed by atoms with van der Waals surface area (Å²) in [6.45, 7) is 4.96. The van der Waals surface area contributed by atoms with Crippen molar-refractivity contribution in [1.29, 1.82) is 0 Å². The largest absolute Gasteiger partial charge is 0.477 e. The highest BCUT2D eigenvalue weighted by molar-refractivity contribution is 6.00. The molecular weight excluding hydrogens is 407 g/mol. The predicted octanol–water partition coefficient (Wildman–Crippen LogP) is 4.99. The van der Waals surface area contributed by atoms with Gasteiger partial charge < -0.3 is 10.1 Å². The van der Waals surface area contributed by atoms with Crippen LogP contribution in [0.1, 0.15) is 48.5 Å². The monoisotopic (exact) mass is 436 g/mol. The van der Waals surface area contributed by atoms with Crippen LogP contribution in [0, 0.1) is 18.7 Å². The fourth-order valence-electron chi connectivity index (χ4n) is 3.39. The summed E-state index contributed by atoms with van der Waals surface area (Å²) in [5.41, 5.74) is 2.23. The standard InChI is InChI=1S/C25H29FN4O2/c1-3-4-5-7-19(17-32-23-11-9-20(26)16-29-23)15-30-25(31)22-14-18(2)8-10-21(22)24-27-12-6-13-28-24/h6,8-14,16,19H,3-5,7,15,17H2,1-2H3,(H,30,31). The van der Waals surface area contributed by atoms with Crippen molar-refractivity contribution in [2.24, 2.45) is 5.92 Å². The van der Waals surface area contributed by atoms with Crippen molar-refractivity contribution in [2.75, 3.05) is 13.2 Å². The van der Waals surface area contributed by atoms with Crippen molar-refractivity contribution in [1.82, 2.24) is 20.3 Å². The summed E-state index contributed by atoms with van der Waals surface area (Å²) in [5, 5.41) is 3.05. The van der Waals surface area contributed by atoms with Crippen LogP contribution in [0.5, 0.6) is 5.88 Å². The Hall–Kier alpha value is -3.35. The Labute approximate surface area is 188 Å². The van der Waals surface area contributed by atoms with Crippen molar-refractivity contribution in [3.05, 3.63) is 71.9 Å². The number of unbranched alkanes of at least 4 members (excludes halogenated alkanes) is 2. The minimum absolute atomic E-state index is 0.110. The van der Waals surface area contributed by atoms with E-state index in [0.29, 0.717) is 36.0 Å². The molecule has 0 saturated carbocycles. The SMILES string of the molecule is CCCCCC(CNC(=O)c1cc(C)ccc1-c1ncccn1)COc1ccc(F)cn1. The number of aryl methyl sites for hydroxylation is 1. The van der Waals surface area contributed by atoms with Crippen molar-refractivity contribution in [2.45, 2.75) is 39.5 Å². The minimum Gasteiger partial charge on any atom is -0.477 e. The number of nitrogens with zero attached hydrogens (tertiary/aromatic N) is 3. The second-order valence-electron chi connectivity index (χ2n) is 7.82. The third-order valence-electron chi connectivity index (χ3n) is 5.16. The quantitative estimate of drug-likeness (QED) is 0.429. The Bertz CT molecular complexity index is 997. The summed E-state index contributed by atoms with van der Waals surface area (Å²) in [6.07, 6.45) is 8.65. The third kappa shape index (κ3) is 6.83. The number of carbonyl (C=O) groups excluding carboxylic acids is 1. The molecule has 2 aromatic heterocycles. The smallest absolute Gasteiger partial charge is 0.252 e. The van der Waals surface area contributed by atoms with Gasteiger partial charge in [-0.2, -0.15) is 0 Å². The molecule has 0 aliphatic carbocycles. The maximum absolute atomic E-state index is 13.1. The number of aromatic nitrogens is 3. The molecule has 0 aliphatic heterocycles. The summed E-state index contributed by atoms with van der Waals surface area (Å²) < 4.78 is 18.8. The van der Waals surface area contributed by atoms with Gasteiger partial charge in [0, 0.05) is 36.5 Å². The maximum Gasteiger partial charge on any atom is 0.252 e. The van der Waals surface area contributed by atoms with Gasteiger partial charge in [-0.1, -0.05) is 43.9 Å². The van der Waals surface area contributed by atoms with Crippen molar-refractivity contribution < 1.29 is 13.9 Å². The average molecular weight is 437 g/mol. The lowest BCUT2D eigenvalue weighted by Crippen LogP contribution is -2.32. The van der Waals surface area contributed by atoms with E-state index < -0.39 is 5.82 Å². The first kappa shape index (κ1) is 23.3. The van der Waals surface area contributed by atoms with Gasteiger partial charge in [0.25, 0.3) is 5.91 Å². The maximum atomic E-state index is 13.1. The minimum atomic E-state index is -0.402. The van der Waals surface area contributed by atoms with Gasteiger partial charge in [-0.25, -0.2) is 19.3 Å². The van der Waals surface area contributed by atoms with Crippen LogP contribution in [-0.2, 0) is 0 Å². The van der Waals surface area contributed by atoms with E-state index in [4.69, 9.17) is 4.74 Å². The molecule has 3 rings (SSSR count). The molecule has 168 valence electrons. The number of ether oxygens (including phenoxy) is 1. The van der Waals surface area contributed by atoms with Gasteiger partial charge >= 0.3 is 0 Å². The predicted molar refractivity (Wildman–Crippen MR) is 122 cm³/mol. The number of carbonyl (C=O) groups is 1. The van der Waals surface area contributed by atoms with Crippen LogP contribution in [0.4, 0.5) is 4.39 Å². The molecule has 1 amide bonds. The van der Waals surface area contributed by atoms with Crippen LogP contribution in [0.15, 0.2) is 55.0 Å². The van der Waals surface area contributed by atoms with E-state index in [1.165, 1.54) is 12.1 Å². The van der Waals surface area contributed by atoms with E-state index in [9.17, 15) is 9.18 Å². The molecule has 1 N–H and O–H groups in total. The van der Waals surface area contributed by atoms with Gasteiger partial charge in [0.1, 0.15) is 5.82 Å². The molecule has 1 aromatic carbocycles. The molecule has 0 aliphatic rings. The summed E-state index contributed by atoms with van der Waals surface area (Å²) in [4.78, 5) is 25.6. The molecule has 0 radical (unpaired) electrons. The van der Waals surface area contributed by atoms with Crippen LogP contribution < -0.4 is 10.1 Å². The Balaban J connectivity index is 1.67. The average Bonchev–Trinajstić information content (AvgIpc) is 2.82. The molecule has 0 bridgehead atoms. The summed E-state index contributed by atoms with van der Waals surface area (Å²) in [6, 6.07) is 10.2. The Morgan fingerprint density at radius 2 is 1.94 bits per heavy atom. The Kier molecular flexibility index (Phi) is 8.66. The molecule has 32 heavy (non-hydrogen) atoms. The second kappa shape index (κ2) is 11.9. The first-order valence-corrected chi connectivity index (χ1v) is 11.0. The zero-order valence-electron chi connectivity index (χ0n) is 18.6. The van der Waals surface area contributed by atoms with Crippen LogP contribution >= 0.6 is 0 Å². The topological polar surface area (TPSA) is 77.0 Å². The first-order chi connectivity index (χ1) is 15.6. The fourth-order valence-corrected chi connectivity index (χ4v) is 3.39. The summed E-state index contributed by atoms with van der Waals surface area (Å²) in [5.74, 6) is 0.430. The molecule has 3 aromatic rings. The Morgan fingerprint density at radius 1 is 1.12 bits per heavy atom. The molecule has 0 saturated heterocycles. The van der Waals surface area contributed by atoms with Gasteiger partial charge in [-0.05, 0) is 31.5 Å². The molecule has 7 heteroatoms. The third-order valence-corrected chi connectivity index (χ3v) is 5.16. The van der Waals surface area contributed by atoms with Crippen molar-refractivity contribution in [3.8, 4) is 17.3 Å². The molecule has 0 spiro atoms. The van der Waals surface area contributed by atoms with E-state index in [0.717, 1.165) is 37.4 Å². The lowest BCUT2D eigenvalue weighted by atomic mass is 10.0. The molecule has 2 heterocycles. The van der Waals surface area contributed by atoms with Gasteiger partial charge in [-0.15, -0.1) is 0 Å². The summed E-state index contributed by atoms with van der Waals surface area (Å²) >= 11 is 0.